The van der Waals surface area contributed by atoms with E-state index in [1.807, 2.05) is 24.3 Å². The van der Waals surface area contributed by atoms with E-state index in [4.69, 9.17) is 5.11 Å². The van der Waals surface area contributed by atoms with E-state index >= 15 is 0 Å². The van der Waals surface area contributed by atoms with Gasteiger partial charge in [0.05, 0.1) is 6.61 Å². The van der Waals surface area contributed by atoms with Gasteiger partial charge < -0.3 is 10.4 Å². The first-order valence-electron chi connectivity index (χ1n) is 3.43. The standard InChI is InChI=1S/C8H10BrNO/c9-7-2-1-3-8(6-7)10-4-5-11/h1-3,6,10-11H,4-5H2. The fourth-order valence-electron chi connectivity index (χ4n) is 0.799. The van der Waals surface area contributed by atoms with E-state index in [0.29, 0.717) is 6.54 Å². The highest BCUT2D eigenvalue weighted by molar-refractivity contribution is 9.10. The molecule has 2 N–H and O–H groups in total. The zero-order valence-electron chi connectivity index (χ0n) is 6.05. The van der Waals surface area contributed by atoms with E-state index in [-0.39, 0.29) is 6.61 Å². The Balaban J connectivity index is 2.56. The van der Waals surface area contributed by atoms with Crippen LogP contribution in [-0.4, -0.2) is 18.3 Å². The van der Waals surface area contributed by atoms with Gasteiger partial charge in [-0.2, -0.15) is 0 Å². The van der Waals surface area contributed by atoms with Crippen LogP contribution in [0.15, 0.2) is 28.7 Å². The van der Waals surface area contributed by atoms with E-state index in [2.05, 4.69) is 21.2 Å². The molecule has 0 heterocycles. The van der Waals surface area contributed by atoms with Gasteiger partial charge >= 0.3 is 0 Å². The topological polar surface area (TPSA) is 32.3 Å². The Bertz CT molecular complexity index is 227. The predicted molar refractivity (Wildman–Crippen MR) is 49.7 cm³/mol. The summed E-state index contributed by atoms with van der Waals surface area (Å²) in [5.41, 5.74) is 1.02. The smallest absolute Gasteiger partial charge is 0.0604 e. The molecule has 0 aliphatic heterocycles. The molecule has 0 aliphatic rings. The molecule has 0 saturated carbocycles. The van der Waals surface area contributed by atoms with E-state index < -0.39 is 0 Å². The second-order valence-electron chi connectivity index (χ2n) is 2.16. The zero-order valence-corrected chi connectivity index (χ0v) is 7.63. The van der Waals surface area contributed by atoms with Crippen molar-refractivity contribution in [3.05, 3.63) is 28.7 Å². The van der Waals surface area contributed by atoms with Gasteiger partial charge in [-0.3, -0.25) is 0 Å². The van der Waals surface area contributed by atoms with Gasteiger partial charge in [-0.25, -0.2) is 0 Å². The Morgan fingerprint density at radius 2 is 2.27 bits per heavy atom. The van der Waals surface area contributed by atoms with Gasteiger partial charge in [0.1, 0.15) is 0 Å². The number of rotatable bonds is 3. The largest absolute Gasteiger partial charge is 0.395 e. The van der Waals surface area contributed by atoms with E-state index in [0.717, 1.165) is 10.2 Å². The van der Waals surface area contributed by atoms with Crippen molar-refractivity contribution in [2.24, 2.45) is 0 Å². The number of aliphatic hydroxyl groups excluding tert-OH is 1. The second-order valence-corrected chi connectivity index (χ2v) is 3.08. The van der Waals surface area contributed by atoms with E-state index in [1.54, 1.807) is 0 Å². The van der Waals surface area contributed by atoms with Crippen LogP contribution in [-0.2, 0) is 0 Å². The number of hydrogen-bond acceptors (Lipinski definition) is 2. The van der Waals surface area contributed by atoms with Crippen LogP contribution >= 0.6 is 15.9 Å². The average molecular weight is 216 g/mol. The highest BCUT2D eigenvalue weighted by atomic mass is 79.9. The van der Waals surface area contributed by atoms with Crippen LogP contribution in [0.4, 0.5) is 5.69 Å². The molecule has 3 heteroatoms. The molecule has 2 nitrogen and oxygen atoms in total. The summed E-state index contributed by atoms with van der Waals surface area (Å²) in [4.78, 5) is 0. The summed E-state index contributed by atoms with van der Waals surface area (Å²) in [5, 5.41) is 11.6. The molecule has 1 aromatic rings. The van der Waals surface area contributed by atoms with E-state index in [1.165, 1.54) is 0 Å². The van der Waals surface area contributed by atoms with Crippen molar-refractivity contribution in [3.63, 3.8) is 0 Å². The molecule has 11 heavy (non-hydrogen) atoms. The number of anilines is 1. The van der Waals surface area contributed by atoms with Crippen molar-refractivity contribution in [1.29, 1.82) is 0 Å². The van der Waals surface area contributed by atoms with Gasteiger partial charge in [-0.1, -0.05) is 22.0 Å². The molecule has 1 rings (SSSR count). The number of aliphatic hydroxyl groups is 1. The maximum Gasteiger partial charge on any atom is 0.0604 e. The monoisotopic (exact) mass is 215 g/mol. The Morgan fingerprint density at radius 3 is 2.91 bits per heavy atom. The van der Waals surface area contributed by atoms with Crippen LogP contribution in [0.25, 0.3) is 0 Å². The van der Waals surface area contributed by atoms with Crippen LogP contribution in [0.1, 0.15) is 0 Å². The lowest BCUT2D eigenvalue weighted by atomic mass is 10.3. The summed E-state index contributed by atoms with van der Waals surface area (Å²) in [6, 6.07) is 7.84. The van der Waals surface area contributed by atoms with Crippen molar-refractivity contribution in [2.75, 3.05) is 18.5 Å². The lowest BCUT2D eigenvalue weighted by Gasteiger charge is -2.03. The van der Waals surface area contributed by atoms with Crippen molar-refractivity contribution in [1.82, 2.24) is 0 Å². The van der Waals surface area contributed by atoms with Gasteiger partial charge in [-0.15, -0.1) is 0 Å². The molecule has 0 radical (unpaired) electrons. The quantitative estimate of drug-likeness (QED) is 0.808. The normalized spacial score (nSPS) is 9.64. The summed E-state index contributed by atoms with van der Waals surface area (Å²) < 4.78 is 1.04. The molecule has 1 aromatic carbocycles. The molecule has 0 spiro atoms. The molecular formula is C8H10BrNO. The first-order valence-corrected chi connectivity index (χ1v) is 4.22. The molecule has 0 aliphatic carbocycles. The summed E-state index contributed by atoms with van der Waals surface area (Å²) >= 11 is 3.35. The number of nitrogens with one attached hydrogen (secondary N) is 1. The summed E-state index contributed by atoms with van der Waals surface area (Å²) in [5.74, 6) is 0. The average Bonchev–Trinajstić information content (AvgIpc) is 2.01. The summed E-state index contributed by atoms with van der Waals surface area (Å²) in [6.45, 7) is 0.753. The third kappa shape index (κ3) is 2.91. The first-order chi connectivity index (χ1) is 5.33. The first kappa shape index (κ1) is 8.56. The third-order valence-corrected chi connectivity index (χ3v) is 1.76. The van der Waals surface area contributed by atoms with Crippen LogP contribution < -0.4 is 5.32 Å². The fraction of sp³-hybridized carbons (Fsp3) is 0.250. The molecule has 0 bridgehead atoms. The van der Waals surface area contributed by atoms with Crippen molar-refractivity contribution in [3.8, 4) is 0 Å². The van der Waals surface area contributed by atoms with Crippen molar-refractivity contribution in [2.45, 2.75) is 0 Å². The van der Waals surface area contributed by atoms with Gasteiger partial charge in [0, 0.05) is 16.7 Å². The minimum Gasteiger partial charge on any atom is -0.395 e. The maximum atomic E-state index is 8.52. The third-order valence-electron chi connectivity index (χ3n) is 1.27. The molecule has 0 saturated heterocycles. The Kier molecular flexibility index (Phi) is 3.39. The molecule has 0 amide bonds. The molecule has 0 atom stereocenters. The summed E-state index contributed by atoms with van der Waals surface area (Å²) in [7, 11) is 0. The predicted octanol–water partition coefficient (Wildman–Crippen LogP) is 1.85. The molecule has 0 aromatic heterocycles. The lowest BCUT2D eigenvalue weighted by Crippen LogP contribution is -2.04. The van der Waals surface area contributed by atoms with Gasteiger partial charge in [0.15, 0.2) is 0 Å². The highest BCUT2D eigenvalue weighted by Gasteiger charge is 1.90. The van der Waals surface area contributed by atoms with Crippen LogP contribution in [0.2, 0.25) is 0 Å². The van der Waals surface area contributed by atoms with Crippen LogP contribution in [0.5, 0.6) is 0 Å². The van der Waals surface area contributed by atoms with Crippen LogP contribution in [0.3, 0.4) is 0 Å². The fourth-order valence-corrected chi connectivity index (χ4v) is 1.20. The Hall–Kier alpha value is -0.540. The highest BCUT2D eigenvalue weighted by Crippen LogP contribution is 2.14. The molecule has 60 valence electrons. The number of benzene rings is 1. The lowest BCUT2D eigenvalue weighted by molar-refractivity contribution is 0.311. The second kappa shape index (κ2) is 4.36. The Labute approximate surface area is 74.4 Å². The van der Waals surface area contributed by atoms with E-state index in [9.17, 15) is 0 Å². The Morgan fingerprint density at radius 1 is 1.45 bits per heavy atom. The zero-order chi connectivity index (χ0) is 8.10. The number of hydrogen-bond donors (Lipinski definition) is 2. The SMILES string of the molecule is OCCNc1cccc(Br)c1. The maximum absolute atomic E-state index is 8.52. The van der Waals surface area contributed by atoms with Gasteiger partial charge in [-0.05, 0) is 18.2 Å². The molecular weight excluding hydrogens is 206 g/mol. The summed E-state index contributed by atoms with van der Waals surface area (Å²) in [6.07, 6.45) is 0. The van der Waals surface area contributed by atoms with Crippen LogP contribution in [0, 0.1) is 0 Å². The van der Waals surface area contributed by atoms with Crippen molar-refractivity contribution < 1.29 is 5.11 Å². The minimum atomic E-state index is 0.159. The minimum absolute atomic E-state index is 0.159. The van der Waals surface area contributed by atoms with Gasteiger partial charge in [0.25, 0.3) is 0 Å². The van der Waals surface area contributed by atoms with Crippen molar-refractivity contribution >= 4 is 21.6 Å². The molecule has 0 fully saturated rings. The van der Waals surface area contributed by atoms with Gasteiger partial charge in [0.2, 0.25) is 0 Å². The molecule has 0 unspecified atom stereocenters. The number of halogens is 1.